The molecule has 0 saturated carbocycles. The van der Waals surface area contributed by atoms with E-state index in [9.17, 15) is 18.0 Å². The SMILES string of the molecule is CC(=O)OC(F)(F)F.[In]. The van der Waals surface area contributed by atoms with E-state index in [1.807, 2.05) is 0 Å². The molecule has 9 heavy (non-hydrogen) atoms. The maximum absolute atomic E-state index is 10.9. The Morgan fingerprint density at radius 1 is 1.44 bits per heavy atom. The third kappa shape index (κ3) is 11.6. The van der Waals surface area contributed by atoms with E-state index < -0.39 is 12.3 Å². The van der Waals surface area contributed by atoms with Crippen molar-refractivity contribution in [1.29, 1.82) is 0 Å². The van der Waals surface area contributed by atoms with E-state index in [0.29, 0.717) is 6.92 Å². The minimum atomic E-state index is -4.83. The summed E-state index contributed by atoms with van der Waals surface area (Å²) in [4.78, 5) is 9.52. The van der Waals surface area contributed by atoms with Crippen LogP contribution in [-0.2, 0) is 9.53 Å². The number of rotatable bonds is 0. The van der Waals surface area contributed by atoms with Crippen LogP contribution in [0.25, 0.3) is 0 Å². The second-order valence-corrected chi connectivity index (χ2v) is 1.04. The van der Waals surface area contributed by atoms with Gasteiger partial charge in [0.25, 0.3) is 0 Å². The predicted octanol–water partition coefficient (Wildman–Crippen LogP) is 0.689. The topological polar surface area (TPSA) is 26.3 Å². The number of hydrogen-bond acceptors (Lipinski definition) is 2. The van der Waals surface area contributed by atoms with E-state index in [1.54, 1.807) is 0 Å². The summed E-state index contributed by atoms with van der Waals surface area (Å²) in [5.74, 6) is -1.35. The molecular weight excluding hydrogens is 240 g/mol. The molecule has 0 bridgehead atoms. The second-order valence-electron chi connectivity index (χ2n) is 1.04. The number of halogens is 3. The maximum atomic E-state index is 10.9. The van der Waals surface area contributed by atoms with Gasteiger partial charge in [0, 0.05) is 32.8 Å². The minimum Gasteiger partial charge on any atom is -0.373 e. The number of esters is 1. The molecule has 6 heteroatoms. The Balaban J connectivity index is 0. The Bertz CT molecular complexity index is 99.7. The van der Waals surface area contributed by atoms with Gasteiger partial charge in [-0.15, -0.1) is 13.2 Å². The van der Waals surface area contributed by atoms with Gasteiger partial charge in [-0.05, 0) is 0 Å². The van der Waals surface area contributed by atoms with E-state index in [2.05, 4.69) is 4.74 Å². The largest absolute Gasteiger partial charge is 0.575 e. The Kier molecular flexibility index (Phi) is 5.31. The molecule has 0 aromatic heterocycles. The fourth-order valence-corrected chi connectivity index (χ4v) is 0.163. The summed E-state index contributed by atoms with van der Waals surface area (Å²) in [6.45, 7) is 0.688. The number of ether oxygens (including phenoxy) is 1. The molecule has 2 nitrogen and oxygen atoms in total. The van der Waals surface area contributed by atoms with E-state index in [-0.39, 0.29) is 25.8 Å². The van der Waals surface area contributed by atoms with Crippen molar-refractivity contribution < 1.29 is 22.7 Å². The zero-order valence-corrected chi connectivity index (χ0v) is 7.82. The van der Waals surface area contributed by atoms with Gasteiger partial charge in [-0.25, -0.2) is 0 Å². The summed E-state index contributed by atoms with van der Waals surface area (Å²) in [7, 11) is 0. The van der Waals surface area contributed by atoms with Crippen LogP contribution >= 0.6 is 0 Å². The molecule has 0 rings (SSSR count). The quantitative estimate of drug-likeness (QED) is 0.585. The molecule has 0 spiro atoms. The van der Waals surface area contributed by atoms with E-state index in [0.717, 1.165) is 0 Å². The fraction of sp³-hybridized carbons (Fsp3) is 0.667. The summed E-state index contributed by atoms with van der Waals surface area (Å²) in [5.41, 5.74) is 0. The monoisotopic (exact) mass is 243 g/mol. The van der Waals surface area contributed by atoms with Gasteiger partial charge in [-0.2, -0.15) is 0 Å². The van der Waals surface area contributed by atoms with Crippen molar-refractivity contribution in [2.24, 2.45) is 0 Å². The van der Waals surface area contributed by atoms with Gasteiger partial charge < -0.3 is 4.74 Å². The van der Waals surface area contributed by atoms with Crippen LogP contribution < -0.4 is 0 Å². The van der Waals surface area contributed by atoms with Crippen molar-refractivity contribution in [1.82, 2.24) is 0 Å². The van der Waals surface area contributed by atoms with Gasteiger partial charge >= 0.3 is 12.3 Å². The fourth-order valence-electron chi connectivity index (χ4n) is 0.163. The van der Waals surface area contributed by atoms with Crippen molar-refractivity contribution in [2.75, 3.05) is 0 Å². The third-order valence-electron chi connectivity index (χ3n) is 0.259. The van der Waals surface area contributed by atoms with Crippen molar-refractivity contribution in [3.05, 3.63) is 0 Å². The number of hydrogen-bond donors (Lipinski definition) is 0. The molecule has 0 fully saturated rings. The Morgan fingerprint density at radius 3 is 1.78 bits per heavy atom. The van der Waals surface area contributed by atoms with Gasteiger partial charge in [-0.1, -0.05) is 0 Å². The van der Waals surface area contributed by atoms with Gasteiger partial charge in [0.2, 0.25) is 0 Å². The smallest absolute Gasteiger partial charge is 0.373 e. The van der Waals surface area contributed by atoms with Gasteiger partial charge in [-0.3, -0.25) is 4.79 Å². The molecule has 3 radical (unpaired) electrons. The molecule has 0 saturated heterocycles. The Labute approximate surface area is 68.1 Å². The zero-order valence-electron chi connectivity index (χ0n) is 4.53. The van der Waals surface area contributed by atoms with E-state index in [1.165, 1.54) is 0 Å². The van der Waals surface area contributed by atoms with Crippen LogP contribution in [0.5, 0.6) is 0 Å². The molecular formula is C3H3F3InO2. The second kappa shape index (κ2) is 4.03. The molecule has 0 unspecified atom stereocenters. The molecule has 0 aromatic rings. The molecule has 0 atom stereocenters. The minimum absolute atomic E-state index is 0. The average molecular weight is 243 g/mol. The summed E-state index contributed by atoms with van der Waals surface area (Å²) >= 11 is 0. The van der Waals surface area contributed by atoms with Gasteiger partial charge in [0.1, 0.15) is 0 Å². The van der Waals surface area contributed by atoms with Crippen LogP contribution in [0.2, 0.25) is 0 Å². The van der Waals surface area contributed by atoms with Crippen molar-refractivity contribution in [3.8, 4) is 0 Å². The van der Waals surface area contributed by atoms with Crippen molar-refractivity contribution in [2.45, 2.75) is 13.3 Å². The molecule has 51 valence electrons. The van der Waals surface area contributed by atoms with Crippen LogP contribution in [0.1, 0.15) is 6.92 Å². The first-order valence-corrected chi connectivity index (χ1v) is 1.68. The Hall–Kier alpha value is 0.130. The molecule has 0 amide bonds. The summed E-state index contributed by atoms with van der Waals surface area (Å²) in [6, 6.07) is 0. The Morgan fingerprint density at radius 2 is 1.78 bits per heavy atom. The average Bonchev–Trinajstić information content (AvgIpc) is 1.21. The van der Waals surface area contributed by atoms with E-state index >= 15 is 0 Å². The predicted molar refractivity (Wildman–Crippen MR) is 23.6 cm³/mol. The molecule has 0 heterocycles. The molecule has 0 aliphatic rings. The summed E-state index contributed by atoms with van der Waals surface area (Å²) < 4.78 is 35.4. The number of alkyl halides is 3. The first-order valence-electron chi connectivity index (χ1n) is 1.68. The maximum Gasteiger partial charge on any atom is 0.575 e. The first kappa shape index (κ1) is 11.9. The van der Waals surface area contributed by atoms with Crippen LogP contribution in [0.3, 0.4) is 0 Å². The van der Waals surface area contributed by atoms with E-state index in [4.69, 9.17) is 0 Å². The zero-order chi connectivity index (χ0) is 6.78. The number of carbonyl (C=O) groups is 1. The van der Waals surface area contributed by atoms with Crippen LogP contribution in [0, 0.1) is 0 Å². The molecule has 0 aromatic carbocycles. The van der Waals surface area contributed by atoms with Gasteiger partial charge in [0.15, 0.2) is 0 Å². The third-order valence-corrected chi connectivity index (χ3v) is 0.259. The molecule has 0 aliphatic carbocycles. The number of carbonyl (C=O) groups excluding carboxylic acids is 1. The van der Waals surface area contributed by atoms with Crippen molar-refractivity contribution in [3.63, 3.8) is 0 Å². The van der Waals surface area contributed by atoms with Crippen LogP contribution in [-0.4, -0.2) is 38.2 Å². The molecule has 0 N–H and O–H groups in total. The van der Waals surface area contributed by atoms with Gasteiger partial charge in [0.05, 0.1) is 0 Å². The summed E-state index contributed by atoms with van der Waals surface area (Å²) in [6.07, 6.45) is -4.83. The normalized spacial score (nSPS) is 9.78. The standard InChI is InChI=1S/C3H3F3O2.In/c1-2(7)8-3(4,5)6;/h1H3;. The van der Waals surface area contributed by atoms with Crippen LogP contribution in [0.4, 0.5) is 13.2 Å². The first-order chi connectivity index (χ1) is 3.42. The molecule has 0 aliphatic heterocycles. The summed E-state index contributed by atoms with van der Waals surface area (Å²) in [5, 5.41) is 0. The van der Waals surface area contributed by atoms with Crippen molar-refractivity contribution >= 4 is 31.8 Å². The van der Waals surface area contributed by atoms with Crippen LogP contribution in [0.15, 0.2) is 0 Å².